The Morgan fingerprint density at radius 1 is 0.971 bits per heavy atom. The summed E-state index contributed by atoms with van der Waals surface area (Å²) in [5, 5.41) is 2.81. The zero-order valence-electron chi connectivity index (χ0n) is 19.5. The highest BCUT2D eigenvalue weighted by Gasteiger charge is 2.26. The van der Waals surface area contributed by atoms with Crippen LogP contribution in [0.3, 0.4) is 0 Å². The third kappa shape index (κ3) is 5.28. The lowest BCUT2D eigenvalue weighted by molar-refractivity contribution is 0.0971. The average Bonchev–Trinajstić information content (AvgIpc) is 2.84. The lowest BCUT2D eigenvalue weighted by Gasteiger charge is -2.21. The number of pyridine rings is 1. The molecule has 0 unspecified atom stereocenters. The van der Waals surface area contributed by atoms with Crippen LogP contribution in [0, 0.1) is 0 Å². The molecule has 0 bridgehead atoms. The van der Waals surface area contributed by atoms with Gasteiger partial charge in [0.1, 0.15) is 11.3 Å². The molecule has 6 nitrogen and oxygen atoms in total. The standard InChI is InChI=1S/C28H30N2O4/c1-2-3-4-8-17-34-22-14-9-11-20(18-22)29-27(32)24-19-23-25(15-10-16-26(23)31)30(28(24)33)21-12-6-5-7-13-21/h5-7,9,11-14,18-19H,2-4,8,10,15-17H2,1H3,(H,29,32). The molecule has 1 aliphatic carbocycles. The van der Waals surface area contributed by atoms with Gasteiger partial charge in [-0.25, -0.2) is 0 Å². The van der Waals surface area contributed by atoms with Crippen molar-refractivity contribution in [2.75, 3.05) is 11.9 Å². The minimum atomic E-state index is -0.545. The first-order chi connectivity index (χ1) is 16.6. The van der Waals surface area contributed by atoms with Crippen LogP contribution in [0.1, 0.15) is 71.9 Å². The first kappa shape index (κ1) is 23.5. The largest absolute Gasteiger partial charge is 0.494 e. The molecule has 34 heavy (non-hydrogen) atoms. The number of amides is 1. The predicted octanol–water partition coefficient (Wildman–Crippen LogP) is 5.57. The molecule has 1 amide bonds. The predicted molar refractivity (Wildman–Crippen MR) is 133 cm³/mol. The number of hydrogen-bond donors (Lipinski definition) is 1. The maximum absolute atomic E-state index is 13.4. The number of hydrogen-bond acceptors (Lipinski definition) is 4. The molecule has 1 aromatic heterocycles. The quantitative estimate of drug-likeness (QED) is 0.426. The van der Waals surface area contributed by atoms with Gasteiger partial charge in [-0.2, -0.15) is 0 Å². The summed E-state index contributed by atoms with van der Waals surface area (Å²) >= 11 is 0. The summed E-state index contributed by atoms with van der Waals surface area (Å²) in [6.45, 7) is 2.78. The second-order valence-corrected chi connectivity index (χ2v) is 8.56. The van der Waals surface area contributed by atoms with E-state index in [1.807, 2.05) is 36.4 Å². The molecule has 3 aromatic rings. The third-order valence-electron chi connectivity index (χ3n) is 6.04. The average molecular weight is 459 g/mol. The molecule has 4 rings (SSSR count). The van der Waals surface area contributed by atoms with Gasteiger partial charge in [-0.05, 0) is 49.6 Å². The maximum atomic E-state index is 13.4. The number of benzene rings is 2. The van der Waals surface area contributed by atoms with Gasteiger partial charge in [0.15, 0.2) is 5.78 Å². The van der Waals surface area contributed by atoms with E-state index in [9.17, 15) is 14.4 Å². The number of aromatic nitrogens is 1. The Hall–Kier alpha value is -3.67. The van der Waals surface area contributed by atoms with Crippen molar-refractivity contribution in [3.05, 3.63) is 87.8 Å². The summed E-state index contributed by atoms with van der Waals surface area (Å²) in [6, 6.07) is 17.7. The first-order valence-corrected chi connectivity index (χ1v) is 12.0. The Morgan fingerprint density at radius 3 is 2.59 bits per heavy atom. The van der Waals surface area contributed by atoms with Crippen molar-refractivity contribution in [1.82, 2.24) is 4.57 Å². The number of ether oxygens (including phenoxy) is 1. The van der Waals surface area contributed by atoms with Crippen molar-refractivity contribution in [1.29, 1.82) is 0 Å². The van der Waals surface area contributed by atoms with Gasteiger partial charge in [-0.15, -0.1) is 0 Å². The zero-order valence-corrected chi connectivity index (χ0v) is 19.5. The van der Waals surface area contributed by atoms with E-state index in [4.69, 9.17) is 4.74 Å². The molecule has 6 heteroatoms. The number of nitrogens with one attached hydrogen (secondary N) is 1. The van der Waals surface area contributed by atoms with Crippen LogP contribution in [-0.2, 0) is 6.42 Å². The molecule has 0 saturated heterocycles. The van der Waals surface area contributed by atoms with Crippen molar-refractivity contribution < 1.29 is 14.3 Å². The van der Waals surface area contributed by atoms with Crippen LogP contribution < -0.4 is 15.6 Å². The molecular formula is C28H30N2O4. The summed E-state index contributed by atoms with van der Waals surface area (Å²) in [6.07, 6.45) is 6.17. The SMILES string of the molecule is CCCCCCOc1cccc(NC(=O)c2cc3c(n(-c4ccccc4)c2=O)CCCC3=O)c1. The number of unbranched alkanes of at least 4 members (excludes halogenated alkanes) is 3. The first-order valence-electron chi connectivity index (χ1n) is 12.0. The molecule has 0 fully saturated rings. The van der Waals surface area contributed by atoms with Crippen LogP contribution in [0.4, 0.5) is 5.69 Å². The molecule has 0 saturated carbocycles. The monoisotopic (exact) mass is 458 g/mol. The highest BCUT2D eigenvalue weighted by Crippen LogP contribution is 2.24. The number of nitrogens with zero attached hydrogens (tertiary/aromatic N) is 1. The van der Waals surface area contributed by atoms with E-state index in [-0.39, 0.29) is 11.3 Å². The summed E-state index contributed by atoms with van der Waals surface area (Å²) < 4.78 is 7.32. The van der Waals surface area contributed by atoms with E-state index in [0.29, 0.717) is 54.3 Å². The second kappa shape index (κ2) is 11.0. The van der Waals surface area contributed by atoms with Crippen LogP contribution >= 0.6 is 0 Å². The fraction of sp³-hybridized carbons (Fsp3) is 0.321. The van der Waals surface area contributed by atoms with Crippen LogP contribution in [-0.4, -0.2) is 22.9 Å². The molecule has 0 atom stereocenters. The van der Waals surface area contributed by atoms with E-state index < -0.39 is 11.5 Å². The van der Waals surface area contributed by atoms with Crippen molar-refractivity contribution in [3.8, 4) is 11.4 Å². The fourth-order valence-corrected chi connectivity index (χ4v) is 4.29. The summed E-state index contributed by atoms with van der Waals surface area (Å²) in [4.78, 5) is 39.3. The van der Waals surface area contributed by atoms with E-state index >= 15 is 0 Å². The molecule has 0 spiro atoms. The number of carbonyl (C=O) groups excluding carboxylic acids is 2. The van der Waals surface area contributed by atoms with Gasteiger partial charge in [-0.3, -0.25) is 19.0 Å². The number of carbonyl (C=O) groups is 2. The van der Waals surface area contributed by atoms with Crippen LogP contribution in [0.25, 0.3) is 5.69 Å². The second-order valence-electron chi connectivity index (χ2n) is 8.56. The van der Waals surface area contributed by atoms with Crippen LogP contribution in [0.5, 0.6) is 5.75 Å². The van der Waals surface area contributed by atoms with E-state index in [2.05, 4.69) is 12.2 Å². The van der Waals surface area contributed by atoms with Gasteiger partial charge in [0.2, 0.25) is 0 Å². The fourth-order valence-electron chi connectivity index (χ4n) is 4.29. The van der Waals surface area contributed by atoms with E-state index in [1.54, 1.807) is 18.2 Å². The number of rotatable bonds is 9. The minimum absolute atomic E-state index is 0.0431. The topological polar surface area (TPSA) is 77.4 Å². The Bertz CT molecular complexity index is 1230. The Kier molecular flexibility index (Phi) is 7.58. The summed E-state index contributed by atoms with van der Waals surface area (Å²) in [5.41, 5.74) is 1.81. The van der Waals surface area contributed by atoms with Crippen molar-refractivity contribution >= 4 is 17.4 Å². The van der Waals surface area contributed by atoms with Gasteiger partial charge in [0.25, 0.3) is 11.5 Å². The van der Waals surface area contributed by atoms with Gasteiger partial charge < -0.3 is 10.1 Å². The smallest absolute Gasteiger partial charge is 0.268 e. The minimum Gasteiger partial charge on any atom is -0.494 e. The lowest BCUT2D eigenvalue weighted by atomic mass is 9.92. The molecule has 1 heterocycles. The zero-order chi connectivity index (χ0) is 23.9. The van der Waals surface area contributed by atoms with Crippen molar-refractivity contribution in [2.24, 2.45) is 0 Å². The molecular weight excluding hydrogens is 428 g/mol. The molecule has 0 radical (unpaired) electrons. The Morgan fingerprint density at radius 2 is 1.79 bits per heavy atom. The third-order valence-corrected chi connectivity index (χ3v) is 6.04. The number of ketones is 1. The van der Waals surface area contributed by atoms with Gasteiger partial charge in [0, 0.05) is 35.1 Å². The number of fused-ring (bicyclic) bond motifs is 1. The highest BCUT2D eigenvalue weighted by molar-refractivity contribution is 6.06. The lowest BCUT2D eigenvalue weighted by Crippen LogP contribution is -2.33. The molecule has 0 aliphatic heterocycles. The molecule has 176 valence electrons. The number of para-hydroxylation sites is 1. The normalized spacial score (nSPS) is 12.8. The molecule has 1 aliphatic rings. The van der Waals surface area contributed by atoms with Crippen LogP contribution in [0.2, 0.25) is 0 Å². The summed E-state index contributed by atoms with van der Waals surface area (Å²) in [7, 11) is 0. The maximum Gasteiger partial charge on any atom is 0.268 e. The van der Waals surface area contributed by atoms with E-state index in [1.165, 1.54) is 23.5 Å². The van der Waals surface area contributed by atoms with Crippen molar-refractivity contribution in [3.63, 3.8) is 0 Å². The Labute approximate surface area is 199 Å². The Balaban J connectivity index is 1.61. The number of anilines is 1. The van der Waals surface area contributed by atoms with Gasteiger partial charge >= 0.3 is 0 Å². The van der Waals surface area contributed by atoms with Crippen LogP contribution in [0.15, 0.2) is 65.5 Å². The van der Waals surface area contributed by atoms with Gasteiger partial charge in [0.05, 0.1) is 6.61 Å². The highest BCUT2D eigenvalue weighted by atomic mass is 16.5. The summed E-state index contributed by atoms with van der Waals surface area (Å²) in [5.74, 6) is 0.0750. The molecule has 2 aromatic carbocycles. The molecule has 1 N–H and O–H groups in total. The number of Topliss-reactive ketones (excluding diaryl/α,β-unsaturated/α-hetero) is 1. The van der Waals surface area contributed by atoms with Gasteiger partial charge in [-0.1, -0.05) is 50.5 Å². The van der Waals surface area contributed by atoms with Crippen molar-refractivity contribution in [2.45, 2.75) is 51.9 Å². The van der Waals surface area contributed by atoms with E-state index in [0.717, 1.165) is 12.8 Å².